The Kier molecular flexibility index (Phi) is 5.74. The molecular formula is C14H25N7O. The lowest BCUT2D eigenvalue weighted by Gasteiger charge is -2.33. The molecule has 8 nitrogen and oxygen atoms in total. The van der Waals surface area contributed by atoms with E-state index < -0.39 is 0 Å². The van der Waals surface area contributed by atoms with E-state index in [-0.39, 0.29) is 12.5 Å². The summed E-state index contributed by atoms with van der Waals surface area (Å²) in [4.78, 5) is 24.2. The highest BCUT2D eigenvalue weighted by Crippen LogP contribution is 2.24. The maximum atomic E-state index is 11.7. The van der Waals surface area contributed by atoms with Crippen molar-refractivity contribution in [2.24, 2.45) is 4.99 Å². The Morgan fingerprint density at radius 2 is 2.23 bits per heavy atom. The SMILES string of the molecule is CCNC(=NCC(=O)N(C)C)N1CCC(c2ncn[nH]2)CC1. The van der Waals surface area contributed by atoms with Gasteiger partial charge in [-0.2, -0.15) is 5.10 Å². The molecule has 22 heavy (non-hydrogen) atoms. The third kappa shape index (κ3) is 4.19. The number of rotatable bonds is 4. The summed E-state index contributed by atoms with van der Waals surface area (Å²) in [5.74, 6) is 2.20. The molecule has 1 aliphatic rings. The lowest BCUT2D eigenvalue weighted by Crippen LogP contribution is -2.45. The van der Waals surface area contributed by atoms with Crippen molar-refractivity contribution in [3.63, 3.8) is 0 Å². The molecule has 8 heteroatoms. The van der Waals surface area contributed by atoms with Crippen LogP contribution in [0.25, 0.3) is 0 Å². The van der Waals surface area contributed by atoms with Crippen LogP contribution in [0, 0.1) is 0 Å². The summed E-state index contributed by atoms with van der Waals surface area (Å²) < 4.78 is 0. The van der Waals surface area contributed by atoms with Crippen LogP contribution in [0.1, 0.15) is 31.5 Å². The van der Waals surface area contributed by atoms with Crippen LogP contribution in [0.2, 0.25) is 0 Å². The van der Waals surface area contributed by atoms with E-state index in [1.54, 1.807) is 25.3 Å². The van der Waals surface area contributed by atoms with E-state index >= 15 is 0 Å². The molecule has 0 spiro atoms. The standard InChI is InChI=1S/C14H25N7O/c1-4-15-14(16-9-12(22)20(2)3)21-7-5-11(6-8-21)13-17-10-18-19-13/h10-11H,4-9H2,1-3H3,(H,15,16)(H,17,18,19). The second-order valence-electron chi connectivity index (χ2n) is 5.59. The van der Waals surface area contributed by atoms with Gasteiger partial charge in [0.2, 0.25) is 5.91 Å². The molecule has 1 amide bonds. The average molecular weight is 307 g/mol. The van der Waals surface area contributed by atoms with Gasteiger partial charge in [-0.3, -0.25) is 9.89 Å². The Balaban J connectivity index is 1.93. The smallest absolute Gasteiger partial charge is 0.243 e. The van der Waals surface area contributed by atoms with E-state index in [1.807, 2.05) is 6.92 Å². The largest absolute Gasteiger partial charge is 0.357 e. The van der Waals surface area contributed by atoms with Gasteiger partial charge < -0.3 is 15.1 Å². The summed E-state index contributed by atoms with van der Waals surface area (Å²) >= 11 is 0. The molecule has 1 fully saturated rings. The number of nitrogens with one attached hydrogen (secondary N) is 2. The van der Waals surface area contributed by atoms with Crippen molar-refractivity contribution in [2.45, 2.75) is 25.7 Å². The number of hydrogen-bond donors (Lipinski definition) is 2. The van der Waals surface area contributed by atoms with Crippen LogP contribution in [0.5, 0.6) is 0 Å². The molecule has 1 aromatic heterocycles. The van der Waals surface area contributed by atoms with Crippen LogP contribution in [-0.4, -0.2) is 77.1 Å². The zero-order valence-corrected chi connectivity index (χ0v) is 13.5. The molecule has 0 saturated carbocycles. The minimum atomic E-state index is 0.00643. The summed E-state index contributed by atoms with van der Waals surface area (Å²) in [5.41, 5.74) is 0. The van der Waals surface area contributed by atoms with Crippen LogP contribution in [0.15, 0.2) is 11.3 Å². The van der Waals surface area contributed by atoms with Crippen LogP contribution in [0.3, 0.4) is 0 Å². The highest BCUT2D eigenvalue weighted by molar-refractivity contribution is 5.84. The number of nitrogens with zero attached hydrogens (tertiary/aromatic N) is 5. The monoisotopic (exact) mass is 307 g/mol. The minimum Gasteiger partial charge on any atom is -0.357 e. The number of carbonyl (C=O) groups is 1. The predicted molar refractivity (Wildman–Crippen MR) is 84.6 cm³/mol. The van der Waals surface area contributed by atoms with Gasteiger partial charge in [0.05, 0.1) is 0 Å². The number of aromatic nitrogens is 3. The van der Waals surface area contributed by atoms with Crippen molar-refractivity contribution in [3.8, 4) is 0 Å². The first-order chi connectivity index (χ1) is 10.6. The number of H-pyrrole nitrogens is 1. The third-order valence-electron chi connectivity index (χ3n) is 3.81. The minimum absolute atomic E-state index is 0.00643. The van der Waals surface area contributed by atoms with E-state index in [1.165, 1.54) is 0 Å². The molecule has 0 bridgehead atoms. The van der Waals surface area contributed by atoms with Gasteiger partial charge in [-0.05, 0) is 19.8 Å². The van der Waals surface area contributed by atoms with Gasteiger partial charge >= 0.3 is 0 Å². The number of guanidine groups is 1. The molecular weight excluding hydrogens is 282 g/mol. The fourth-order valence-corrected chi connectivity index (χ4v) is 2.49. The lowest BCUT2D eigenvalue weighted by molar-refractivity contribution is -0.127. The number of likely N-dealkylation sites (tertiary alicyclic amines) is 1. The normalized spacial score (nSPS) is 16.7. The molecule has 2 rings (SSSR count). The van der Waals surface area contributed by atoms with Gasteiger partial charge in [-0.1, -0.05) is 0 Å². The first-order valence-corrected chi connectivity index (χ1v) is 7.70. The average Bonchev–Trinajstić information content (AvgIpc) is 3.05. The highest BCUT2D eigenvalue weighted by Gasteiger charge is 2.24. The van der Waals surface area contributed by atoms with Crippen LogP contribution < -0.4 is 5.32 Å². The van der Waals surface area contributed by atoms with Crippen LogP contribution in [0.4, 0.5) is 0 Å². The number of piperidine rings is 1. The van der Waals surface area contributed by atoms with Crippen molar-refractivity contribution >= 4 is 11.9 Å². The Bertz CT molecular complexity index is 489. The van der Waals surface area contributed by atoms with Crippen molar-refractivity contribution in [2.75, 3.05) is 40.3 Å². The van der Waals surface area contributed by atoms with E-state index in [0.717, 1.165) is 44.3 Å². The first kappa shape index (κ1) is 16.3. The maximum Gasteiger partial charge on any atom is 0.243 e. The van der Waals surface area contributed by atoms with Crippen molar-refractivity contribution in [1.29, 1.82) is 0 Å². The quantitative estimate of drug-likeness (QED) is 0.605. The predicted octanol–water partition coefficient (Wildman–Crippen LogP) is 0.0378. The summed E-state index contributed by atoms with van der Waals surface area (Å²) in [7, 11) is 3.49. The molecule has 122 valence electrons. The fraction of sp³-hybridized carbons (Fsp3) is 0.714. The molecule has 0 aliphatic carbocycles. The van der Waals surface area contributed by atoms with E-state index in [2.05, 4.69) is 30.4 Å². The number of likely N-dealkylation sites (N-methyl/N-ethyl adjacent to an activating group) is 1. The molecule has 2 heterocycles. The Labute approximate surface area is 131 Å². The van der Waals surface area contributed by atoms with Crippen LogP contribution >= 0.6 is 0 Å². The molecule has 0 radical (unpaired) electrons. The van der Waals surface area contributed by atoms with Crippen molar-refractivity contribution < 1.29 is 4.79 Å². The summed E-state index contributed by atoms with van der Waals surface area (Å²) in [5, 5.41) is 10.1. The number of amides is 1. The first-order valence-electron chi connectivity index (χ1n) is 7.70. The summed E-state index contributed by atoms with van der Waals surface area (Å²) in [6, 6.07) is 0. The molecule has 0 atom stereocenters. The van der Waals surface area contributed by atoms with Crippen LogP contribution in [-0.2, 0) is 4.79 Å². The second-order valence-corrected chi connectivity index (χ2v) is 5.59. The van der Waals surface area contributed by atoms with Gasteiger partial charge in [0, 0.05) is 39.6 Å². The molecule has 0 aromatic carbocycles. The number of aromatic amines is 1. The Hall–Kier alpha value is -2.12. The molecule has 1 aromatic rings. The molecule has 2 N–H and O–H groups in total. The highest BCUT2D eigenvalue weighted by atomic mass is 16.2. The zero-order chi connectivity index (χ0) is 15.9. The summed E-state index contributed by atoms with van der Waals surface area (Å²) in [6.07, 6.45) is 3.56. The van der Waals surface area contributed by atoms with Gasteiger partial charge in [-0.25, -0.2) is 9.98 Å². The van der Waals surface area contributed by atoms with E-state index in [9.17, 15) is 4.79 Å². The topological polar surface area (TPSA) is 89.5 Å². The number of aliphatic imine (C=N–C) groups is 1. The van der Waals surface area contributed by atoms with Gasteiger partial charge in [0.25, 0.3) is 0 Å². The number of carbonyl (C=O) groups excluding carboxylic acids is 1. The summed E-state index contributed by atoms with van der Waals surface area (Å²) in [6.45, 7) is 4.79. The second kappa shape index (κ2) is 7.77. The van der Waals surface area contributed by atoms with Gasteiger partial charge in [0.15, 0.2) is 5.96 Å². The molecule has 1 aliphatic heterocycles. The zero-order valence-electron chi connectivity index (χ0n) is 13.5. The third-order valence-corrected chi connectivity index (χ3v) is 3.81. The Morgan fingerprint density at radius 3 is 2.77 bits per heavy atom. The van der Waals surface area contributed by atoms with E-state index in [4.69, 9.17) is 0 Å². The van der Waals surface area contributed by atoms with Gasteiger partial charge in [-0.15, -0.1) is 0 Å². The number of hydrogen-bond acceptors (Lipinski definition) is 4. The lowest BCUT2D eigenvalue weighted by atomic mass is 9.96. The molecule has 1 saturated heterocycles. The molecule has 0 unspecified atom stereocenters. The maximum absolute atomic E-state index is 11.7. The fourth-order valence-electron chi connectivity index (χ4n) is 2.49. The van der Waals surface area contributed by atoms with E-state index in [0.29, 0.717) is 5.92 Å². The van der Waals surface area contributed by atoms with Crippen molar-refractivity contribution in [1.82, 2.24) is 30.3 Å². The Morgan fingerprint density at radius 1 is 1.50 bits per heavy atom. The van der Waals surface area contributed by atoms with Gasteiger partial charge in [0.1, 0.15) is 18.7 Å². The van der Waals surface area contributed by atoms with Crippen molar-refractivity contribution in [3.05, 3.63) is 12.2 Å².